The van der Waals surface area contributed by atoms with E-state index in [-0.39, 0.29) is 6.04 Å². The van der Waals surface area contributed by atoms with Gasteiger partial charge in [0.05, 0.1) is 19.9 Å². The number of ether oxygens (including phenoxy) is 3. The maximum atomic E-state index is 6.70. The van der Waals surface area contributed by atoms with Gasteiger partial charge in [0.1, 0.15) is 29.1 Å². The summed E-state index contributed by atoms with van der Waals surface area (Å²) in [4.78, 5) is 4.68. The number of nitrogens with one attached hydrogen (secondary N) is 1. The van der Waals surface area contributed by atoms with E-state index in [4.69, 9.17) is 19.3 Å². The molecule has 0 aliphatic carbocycles. The van der Waals surface area contributed by atoms with Crippen LogP contribution in [0.3, 0.4) is 0 Å². The van der Waals surface area contributed by atoms with Crippen molar-refractivity contribution in [1.29, 1.82) is 0 Å². The third kappa shape index (κ3) is 3.04. The van der Waals surface area contributed by atoms with Gasteiger partial charge < -0.3 is 19.5 Å². The summed E-state index contributed by atoms with van der Waals surface area (Å²) >= 11 is 0. The minimum absolute atomic E-state index is 0.299. The van der Waals surface area contributed by atoms with Gasteiger partial charge in [-0.2, -0.15) is 10.1 Å². The molecule has 0 unspecified atom stereocenters. The van der Waals surface area contributed by atoms with Crippen LogP contribution in [-0.2, 0) is 0 Å². The molecule has 0 saturated carbocycles. The molecule has 1 N–H and O–H groups in total. The summed E-state index contributed by atoms with van der Waals surface area (Å²) in [5, 5.41) is 8.33. The molecular formula is C27H24N4O3. The quantitative estimate of drug-likeness (QED) is 0.461. The minimum Gasteiger partial charge on any atom is -0.496 e. The largest absolute Gasteiger partial charge is 0.496 e. The molecule has 0 saturated heterocycles. The van der Waals surface area contributed by atoms with Crippen molar-refractivity contribution in [3.8, 4) is 17.2 Å². The molecule has 170 valence electrons. The molecule has 0 fully saturated rings. The fraction of sp³-hybridized carbons (Fsp3) is 0.185. The van der Waals surface area contributed by atoms with E-state index in [9.17, 15) is 0 Å². The highest BCUT2D eigenvalue weighted by Crippen LogP contribution is 2.52. The first-order chi connectivity index (χ1) is 16.7. The topological polar surface area (TPSA) is 70.4 Å². The number of aromatic nitrogens is 3. The lowest BCUT2D eigenvalue weighted by atomic mass is 9.84. The van der Waals surface area contributed by atoms with Crippen molar-refractivity contribution in [3.05, 3.63) is 101 Å². The smallest absolute Gasteiger partial charge is 0.226 e. The molecule has 2 aliphatic heterocycles. The predicted octanol–water partition coefficient (Wildman–Crippen LogP) is 5.16. The molecule has 4 aromatic rings. The molecule has 3 aromatic carbocycles. The number of rotatable bonds is 4. The lowest BCUT2D eigenvalue weighted by molar-refractivity contribution is 0.217. The monoisotopic (exact) mass is 452 g/mol. The second-order valence-electron chi connectivity index (χ2n) is 8.26. The first-order valence-corrected chi connectivity index (χ1v) is 11.2. The second-order valence-corrected chi connectivity index (χ2v) is 8.26. The highest BCUT2D eigenvalue weighted by atomic mass is 16.5. The van der Waals surface area contributed by atoms with Crippen LogP contribution in [0.4, 0.5) is 5.95 Å². The van der Waals surface area contributed by atoms with Crippen molar-refractivity contribution in [2.45, 2.75) is 19.1 Å². The van der Waals surface area contributed by atoms with Crippen LogP contribution >= 0.6 is 0 Å². The van der Waals surface area contributed by atoms with Crippen LogP contribution in [0, 0.1) is 6.92 Å². The van der Waals surface area contributed by atoms with Gasteiger partial charge in [-0.3, -0.25) is 0 Å². The number of benzene rings is 3. The lowest BCUT2D eigenvalue weighted by Crippen LogP contribution is -2.32. The van der Waals surface area contributed by atoms with E-state index in [0.29, 0.717) is 11.8 Å². The molecule has 0 amide bonds. The summed E-state index contributed by atoms with van der Waals surface area (Å²) in [6.45, 7) is 1.90. The third-order valence-corrected chi connectivity index (χ3v) is 6.34. The van der Waals surface area contributed by atoms with Crippen LogP contribution in [0.25, 0.3) is 5.70 Å². The SMILES string of the molecule is COc1ccccc1[C@@H]1Oc2ccccc2C2=C1[C@H](c1ccccc1OC)n1nc(C)nc1N2. The molecule has 3 heterocycles. The summed E-state index contributed by atoms with van der Waals surface area (Å²) in [6, 6.07) is 23.7. The standard InChI is InChI=1S/C27H24N4O3/c1-16-28-27-29-24-17-10-4-9-15-22(17)34-26(19-12-6-8-14-21(19)33-3)23(24)25(31(27)30-16)18-11-5-7-13-20(18)32-2/h4-15,25-26H,1-3H3,(H,28,29,30)/t25-,26-/m0/s1. The van der Waals surface area contributed by atoms with Crippen LogP contribution in [0.5, 0.6) is 17.2 Å². The van der Waals surface area contributed by atoms with Gasteiger partial charge >= 0.3 is 0 Å². The van der Waals surface area contributed by atoms with Gasteiger partial charge in [0, 0.05) is 22.3 Å². The molecule has 7 nitrogen and oxygen atoms in total. The van der Waals surface area contributed by atoms with Crippen molar-refractivity contribution < 1.29 is 14.2 Å². The van der Waals surface area contributed by atoms with Crippen molar-refractivity contribution in [2.75, 3.05) is 19.5 Å². The Morgan fingerprint density at radius 1 is 0.853 bits per heavy atom. The van der Waals surface area contributed by atoms with E-state index in [1.165, 1.54) is 0 Å². The summed E-state index contributed by atoms with van der Waals surface area (Å²) in [7, 11) is 3.37. The Kier molecular flexibility index (Phi) is 4.76. The summed E-state index contributed by atoms with van der Waals surface area (Å²) in [6.07, 6.45) is -0.416. The van der Waals surface area contributed by atoms with E-state index in [1.807, 2.05) is 72.3 Å². The predicted molar refractivity (Wildman–Crippen MR) is 129 cm³/mol. The second kappa shape index (κ2) is 7.95. The number of hydrogen-bond acceptors (Lipinski definition) is 6. The highest BCUT2D eigenvalue weighted by molar-refractivity contribution is 5.85. The Morgan fingerprint density at radius 2 is 1.50 bits per heavy atom. The molecule has 0 bridgehead atoms. The van der Waals surface area contributed by atoms with Crippen molar-refractivity contribution in [1.82, 2.24) is 14.8 Å². The lowest BCUT2D eigenvalue weighted by Gasteiger charge is -2.39. The fourth-order valence-electron chi connectivity index (χ4n) is 4.92. The van der Waals surface area contributed by atoms with Gasteiger partial charge in [-0.25, -0.2) is 4.68 Å². The maximum absolute atomic E-state index is 6.70. The molecule has 7 heteroatoms. The molecule has 2 atom stereocenters. The Bertz CT molecular complexity index is 1420. The number of fused-ring (bicyclic) bond motifs is 3. The van der Waals surface area contributed by atoms with Crippen molar-refractivity contribution in [2.24, 2.45) is 0 Å². The number of hydrogen-bond donors (Lipinski definition) is 1. The van der Waals surface area contributed by atoms with Crippen molar-refractivity contribution >= 4 is 11.6 Å². The van der Waals surface area contributed by atoms with Crippen LogP contribution in [-0.4, -0.2) is 29.0 Å². The third-order valence-electron chi connectivity index (χ3n) is 6.34. The van der Waals surface area contributed by atoms with E-state index < -0.39 is 6.10 Å². The normalized spacial score (nSPS) is 18.2. The zero-order valence-electron chi connectivity index (χ0n) is 19.1. The number of para-hydroxylation sites is 3. The average molecular weight is 453 g/mol. The molecule has 0 radical (unpaired) electrons. The molecule has 0 spiro atoms. The number of methoxy groups -OCH3 is 2. The van der Waals surface area contributed by atoms with Gasteiger partial charge in [0.15, 0.2) is 6.10 Å². The molecule has 1 aromatic heterocycles. The van der Waals surface area contributed by atoms with E-state index in [2.05, 4.69) is 22.4 Å². The van der Waals surface area contributed by atoms with Crippen LogP contribution < -0.4 is 19.5 Å². The molecular weight excluding hydrogens is 428 g/mol. The Labute approximate surface area is 197 Å². The van der Waals surface area contributed by atoms with Crippen molar-refractivity contribution in [3.63, 3.8) is 0 Å². The van der Waals surface area contributed by atoms with Gasteiger partial charge in [-0.05, 0) is 31.2 Å². The number of aryl methyl sites for hydroxylation is 1. The van der Waals surface area contributed by atoms with E-state index in [0.717, 1.165) is 45.2 Å². The zero-order valence-corrected chi connectivity index (χ0v) is 19.1. The first-order valence-electron chi connectivity index (χ1n) is 11.2. The van der Waals surface area contributed by atoms with Crippen LogP contribution in [0.1, 0.15) is 34.7 Å². The Hall–Kier alpha value is -4.26. The Balaban J connectivity index is 1.67. The van der Waals surface area contributed by atoms with E-state index >= 15 is 0 Å². The fourth-order valence-corrected chi connectivity index (χ4v) is 4.92. The molecule has 6 rings (SSSR count). The maximum Gasteiger partial charge on any atom is 0.226 e. The van der Waals surface area contributed by atoms with Gasteiger partial charge in [-0.1, -0.05) is 48.5 Å². The van der Waals surface area contributed by atoms with Gasteiger partial charge in [0.25, 0.3) is 0 Å². The first kappa shape index (κ1) is 20.4. The summed E-state index contributed by atoms with van der Waals surface area (Å²) in [5.74, 6) is 3.71. The highest BCUT2D eigenvalue weighted by Gasteiger charge is 2.42. The summed E-state index contributed by atoms with van der Waals surface area (Å²) < 4.78 is 20.1. The number of anilines is 1. The van der Waals surface area contributed by atoms with Crippen LogP contribution in [0.2, 0.25) is 0 Å². The van der Waals surface area contributed by atoms with Gasteiger partial charge in [0.2, 0.25) is 5.95 Å². The zero-order chi connectivity index (χ0) is 23.2. The average Bonchev–Trinajstić information content (AvgIpc) is 3.26. The molecule has 34 heavy (non-hydrogen) atoms. The minimum atomic E-state index is -0.416. The molecule has 2 aliphatic rings. The Morgan fingerprint density at radius 3 is 2.26 bits per heavy atom. The van der Waals surface area contributed by atoms with E-state index in [1.54, 1.807) is 14.2 Å². The van der Waals surface area contributed by atoms with Crippen LogP contribution in [0.15, 0.2) is 78.4 Å². The van der Waals surface area contributed by atoms with Gasteiger partial charge in [-0.15, -0.1) is 0 Å². The number of nitrogens with zero attached hydrogens (tertiary/aromatic N) is 3. The summed E-state index contributed by atoms with van der Waals surface area (Å²) in [5.41, 5.74) is 4.89.